The number of sulfone groups is 1. The van der Waals surface area contributed by atoms with E-state index in [1.807, 2.05) is 61.5 Å². The standard InChI is InChI=1S/C18H18N2O3S/c1-13-6-5-9-15(10-13)20-17-12-24(22,23)11-16(17)19(18(20)21)14-7-3-2-4-8-14/h2-10,16-17H,11-12H2,1H3/t16-,17-/m1/s1. The number of urea groups is 1. The van der Waals surface area contributed by atoms with Gasteiger partial charge in [0.25, 0.3) is 0 Å². The molecule has 5 nitrogen and oxygen atoms in total. The number of amides is 2. The molecular weight excluding hydrogens is 324 g/mol. The lowest BCUT2D eigenvalue weighted by Crippen LogP contribution is -2.37. The summed E-state index contributed by atoms with van der Waals surface area (Å²) in [4.78, 5) is 16.4. The molecule has 124 valence electrons. The van der Waals surface area contributed by atoms with Crippen LogP contribution < -0.4 is 9.80 Å². The molecule has 2 atom stereocenters. The lowest BCUT2D eigenvalue weighted by atomic mass is 10.1. The summed E-state index contributed by atoms with van der Waals surface area (Å²) in [6.45, 7) is 1.96. The molecule has 6 heteroatoms. The first-order valence-corrected chi connectivity index (χ1v) is 9.73. The molecule has 2 aliphatic rings. The van der Waals surface area contributed by atoms with Gasteiger partial charge in [-0.25, -0.2) is 13.2 Å². The molecule has 4 rings (SSSR count). The summed E-state index contributed by atoms with van der Waals surface area (Å²) in [6.07, 6.45) is 0. The highest BCUT2D eigenvalue weighted by atomic mass is 32.2. The number of carbonyl (C=O) groups excluding carboxylic acids is 1. The van der Waals surface area contributed by atoms with Crippen LogP contribution in [0.2, 0.25) is 0 Å². The second-order valence-electron chi connectivity index (χ2n) is 6.41. The minimum atomic E-state index is -3.16. The zero-order valence-electron chi connectivity index (χ0n) is 13.3. The minimum absolute atomic E-state index is 0.0145. The van der Waals surface area contributed by atoms with E-state index in [0.29, 0.717) is 0 Å². The lowest BCUT2D eigenvalue weighted by molar-refractivity contribution is 0.255. The molecular formula is C18H18N2O3S. The predicted molar refractivity (Wildman–Crippen MR) is 94.2 cm³/mol. The molecule has 0 N–H and O–H groups in total. The second kappa shape index (κ2) is 5.34. The highest BCUT2D eigenvalue weighted by Crippen LogP contribution is 2.37. The molecule has 2 aromatic carbocycles. The van der Waals surface area contributed by atoms with Crippen molar-refractivity contribution in [3.8, 4) is 0 Å². The number of hydrogen-bond donors (Lipinski definition) is 0. The Morgan fingerprint density at radius 2 is 1.46 bits per heavy atom. The Morgan fingerprint density at radius 3 is 2.08 bits per heavy atom. The number of aryl methyl sites for hydroxylation is 1. The molecule has 0 aromatic heterocycles. The number of benzene rings is 2. The summed E-state index contributed by atoms with van der Waals surface area (Å²) >= 11 is 0. The normalized spacial score (nSPS) is 25.1. The van der Waals surface area contributed by atoms with Crippen molar-refractivity contribution >= 4 is 27.2 Å². The van der Waals surface area contributed by atoms with E-state index in [1.165, 1.54) is 0 Å². The molecule has 24 heavy (non-hydrogen) atoms. The molecule has 0 spiro atoms. The van der Waals surface area contributed by atoms with Crippen LogP contribution in [0.3, 0.4) is 0 Å². The van der Waals surface area contributed by atoms with Crippen LogP contribution in [-0.2, 0) is 9.84 Å². The maximum atomic E-state index is 13.1. The third-order valence-electron chi connectivity index (χ3n) is 4.68. The number of nitrogens with zero attached hydrogens (tertiary/aromatic N) is 2. The molecule has 2 saturated heterocycles. The minimum Gasteiger partial charge on any atom is -0.288 e. The Kier molecular flexibility index (Phi) is 3.38. The van der Waals surface area contributed by atoms with E-state index in [1.54, 1.807) is 9.80 Å². The first kappa shape index (κ1) is 15.2. The van der Waals surface area contributed by atoms with Gasteiger partial charge in [0.2, 0.25) is 0 Å². The highest BCUT2D eigenvalue weighted by Gasteiger charge is 2.54. The molecule has 2 heterocycles. The second-order valence-corrected chi connectivity index (χ2v) is 8.56. The molecule has 0 unspecified atom stereocenters. The third kappa shape index (κ3) is 2.38. The van der Waals surface area contributed by atoms with E-state index in [2.05, 4.69) is 0 Å². The average molecular weight is 342 g/mol. The van der Waals surface area contributed by atoms with Crippen LogP contribution in [0.5, 0.6) is 0 Å². The van der Waals surface area contributed by atoms with Gasteiger partial charge in [0.1, 0.15) is 0 Å². The lowest BCUT2D eigenvalue weighted by Gasteiger charge is -2.23. The first-order chi connectivity index (χ1) is 11.5. The predicted octanol–water partition coefficient (Wildman–Crippen LogP) is 2.61. The van der Waals surface area contributed by atoms with Crippen LogP contribution in [-0.4, -0.2) is 38.0 Å². The summed E-state index contributed by atoms with van der Waals surface area (Å²) < 4.78 is 24.4. The maximum Gasteiger partial charge on any atom is 0.329 e. The average Bonchev–Trinajstić information content (AvgIpc) is 2.96. The fourth-order valence-electron chi connectivity index (χ4n) is 3.67. The smallest absolute Gasteiger partial charge is 0.288 e. The number of hydrogen-bond acceptors (Lipinski definition) is 3. The Labute approximate surface area is 141 Å². The largest absolute Gasteiger partial charge is 0.329 e. The summed E-state index contributed by atoms with van der Waals surface area (Å²) in [5, 5.41) is 0. The molecule has 0 radical (unpaired) electrons. The van der Waals surface area contributed by atoms with Crippen molar-refractivity contribution in [3.63, 3.8) is 0 Å². The number of anilines is 2. The van der Waals surface area contributed by atoms with Gasteiger partial charge < -0.3 is 0 Å². The quantitative estimate of drug-likeness (QED) is 0.788. The molecule has 0 bridgehead atoms. The van der Waals surface area contributed by atoms with E-state index >= 15 is 0 Å². The number of para-hydroxylation sites is 1. The first-order valence-electron chi connectivity index (χ1n) is 7.91. The van der Waals surface area contributed by atoms with Gasteiger partial charge in [-0.3, -0.25) is 9.80 Å². The Hall–Kier alpha value is -2.34. The van der Waals surface area contributed by atoms with Crippen molar-refractivity contribution in [2.24, 2.45) is 0 Å². The highest BCUT2D eigenvalue weighted by molar-refractivity contribution is 7.91. The number of carbonyl (C=O) groups is 1. The van der Waals surface area contributed by atoms with Crippen molar-refractivity contribution in [2.75, 3.05) is 21.3 Å². The van der Waals surface area contributed by atoms with Gasteiger partial charge >= 0.3 is 6.03 Å². The van der Waals surface area contributed by atoms with Crippen LogP contribution in [0.15, 0.2) is 54.6 Å². The summed E-state index contributed by atoms with van der Waals surface area (Å²) in [7, 11) is -3.16. The van der Waals surface area contributed by atoms with Gasteiger partial charge in [0, 0.05) is 11.4 Å². The van der Waals surface area contributed by atoms with Gasteiger partial charge in [-0.1, -0.05) is 30.3 Å². The Morgan fingerprint density at radius 1 is 0.875 bits per heavy atom. The zero-order valence-corrected chi connectivity index (χ0v) is 14.1. The van der Waals surface area contributed by atoms with Crippen LogP contribution in [0.25, 0.3) is 0 Å². The summed E-state index contributed by atoms with van der Waals surface area (Å²) in [5.74, 6) is 0.0291. The van der Waals surface area contributed by atoms with E-state index in [0.717, 1.165) is 16.9 Å². The van der Waals surface area contributed by atoms with Gasteiger partial charge in [-0.15, -0.1) is 0 Å². The van der Waals surface area contributed by atoms with E-state index in [-0.39, 0.29) is 29.6 Å². The van der Waals surface area contributed by atoms with E-state index < -0.39 is 9.84 Å². The van der Waals surface area contributed by atoms with Gasteiger partial charge in [0.05, 0.1) is 23.6 Å². The van der Waals surface area contributed by atoms with Crippen LogP contribution >= 0.6 is 0 Å². The Bertz CT molecular complexity index is 895. The van der Waals surface area contributed by atoms with Crippen LogP contribution in [0, 0.1) is 6.92 Å². The van der Waals surface area contributed by atoms with Crippen LogP contribution in [0.1, 0.15) is 5.56 Å². The zero-order chi connectivity index (χ0) is 16.9. The van der Waals surface area contributed by atoms with E-state index in [4.69, 9.17) is 0 Å². The van der Waals surface area contributed by atoms with Crippen molar-refractivity contribution in [1.29, 1.82) is 0 Å². The fourth-order valence-corrected chi connectivity index (χ4v) is 5.59. The van der Waals surface area contributed by atoms with Crippen molar-refractivity contribution in [1.82, 2.24) is 0 Å². The number of rotatable bonds is 2. The van der Waals surface area contributed by atoms with Crippen molar-refractivity contribution < 1.29 is 13.2 Å². The molecule has 2 fully saturated rings. The fraction of sp³-hybridized carbons (Fsp3) is 0.278. The van der Waals surface area contributed by atoms with Crippen LogP contribution in [0.4, 0.5) is 16.2 Å². The summed E-state index contributed by atoms with van der Waals surface area (Å²) in [5.41, 5.74) is 2.53. The topological polar surface area (TPSA) is 57.7 Å². The Balaban J connectivity index is 1.82. The molecule has 0 saturated carbocycles. The monoisotopic (exact) mass is 342 g/mol. The third-order valence-corrected chi connectivity index (χ3v) is 6.38. The molecule has 0 aliphatic carbocycles. The maximum absolute atomic E-state index is 13.1. The van der Waals surface area contributed by atoms with Gasteiger partial charge in [0.15, 0.2) is 9.84 Å². The van der Waals surface area contributed by atoms with Crippen molar-refractivity contribution in [2.45, 2.75) is 19.0 Å². The van der Waals surface area contributed by atoms with Crippen molar-refractivity contribution in [3.05, 3.63) is 60.2 Å². The molecule has 2 aliphatic heterocycles. The van der Waals surface area contributed by atoms with Gasteiger partial charge in [-0.05, 0) is 36.8 Å². The SMILES string of the molecule is Cc1cccc(N2C(=O)N(c3ccccc3)[C@@H]3CS(=O)(=O)C[C@H]32)c1. The summed E-state index contributed by atoms with van der Waals surface area (Å²) in [6, 6.07) is 16.1. The number of fused-ring (bicyclic) bond motifs is 1. The van der Waals surface area contributed by atoms with Gasteiger partial charge in [-0.2, -0.15) is 0 Å². The molecule has 2 aromatic rings. The molecule has 2 amide bonds. The van der Waals surface area contributed by atoms with E-state index in [9.17, 15) is 13.2 Å².